The molecule has 0 bridgehead atoms. The van der Waals surface area contributed by atoms with Crippen LogP contribution >= 0.6 is 0 Å². The molecule has 1 unspecified atom stereocenters. The van der Waals surface area contributed by atoms with Crippen molar-refractivity contribution >= 4 is 11.8 Å². The third-order valence-electron chi connectivity index (χ3n) is 2.94. The number of carbonyl (C=O) groups is 2. The Morgan fingerprint density at radius 1 is 1.32 bits per heavy atom. The summed E-state index contributed by atoms with van der Waals surface area (Å²) in [5, 5.41) is 0. The smallest absolute Gasteiger partial charge is 0.317 e. The Labute approximate surface area is 114 Å². The molecule has 1 aromatic heterocycles. The van der Waals surface area contributed by atoms with Crippen molar-refractivity contribution in [2.45, 2.75) is 34.6 Å². The van der Waals surface area contributed by atoms with Crippen molar-refractivity contribution in [3.8, 4) is 0 Å². The number of Topliss-reactive ketones (excluding diaryl/α,β-unsaturated/α-hetero) is 1. The van der Waals surface area contributed by atoms with Gasteiger partial charge in [-0.15, -0.1) is 0 Å². The minimum absolute atomic E-state index is 0.117. The highest BCUT2D eigenvalue weighted by Crippen LogP contribution is 2.20. The van der Waals surface area contributed by atoms with Crippen LogP contribution in [-0.4, -0.2) is 23.3 Å². The first-order valence-corrected chi connectivity index (χ1v) is 6.52. The molecule has 0 aliphatic rings. The molecular formula is C15H21NO3. The van der Waals surface area contributed by atoms with Crippen LogP contribution < -0.4 is 0 Å². The van der Waals surface area contributed by atoms with Crippen molar-refractivity contribution in [1.29, 1.82) is 0 Å². The van der Waals surface area contributed by atoms with E-state index in [2.05, 4.69) is 4.98 Å². The lowest BCUT2D eigenvalue weighted by Crippen LogP contribution is -2.31. The molecule has 0 spiro atoms. The average molecular weight is 263 g/mol. The summed E-state index contributed by atoms with van der Waals surface area (Å²) in [4.78, 5) is 28.5. The van der Waals surface area contributed by atoms with Gasteiger partial charge in [0.25, 0.3) is 0 Å². The lowest BCUT2D eigenvalue weighted by Gasteiger charge is -2.18. The highest BCUT2D eigenvalue weighted by molar-refractivity contribution is 6.08. The number of pyridine rings is 1. The summed E-state index contributed by atoms with van der Waals surface area (Å²) in [6.45, 7) is 9.42. The molecular weight excluding hydrogens is 242 g/mol. The summed E-state index contributed by atoms with van der Waals surface area (Å²) in [5.41, 5.74) is 2.14. The first-order chi connectivity index (χ1) is 8.88. The highest BCUT2D eigenvalue weighted by Gasteiger charge is 2.33. The first-order valence-electron chi connectivity index (χ1n) is 6.52. The van der Waals surface area contributed by atoms with Crippen LogP contribution in [0.1, 0.15) is 42.4 Å². The molecule has 1 rings (SSSR count). The van der Waals surface area contributed by atoms with Crippen LogP contribution in [-0.2, 0) is 9.53 Å². The Morgan fingerprint density at radius 2 is 1.95 bits per heavy atom. The van der Waals surface area contributed by atoms with Crippen molar-refractivity contribution < 1.29 is 14.3 Å². The van der Waals surface area contributed by atoms with Gasteiger partial charge < -0.3 is 4.74 Å². The molecule has 0 N–H and O–H groups in total. The molecule has 0 amide bonds. The molecule has 0 saturated carbocycles. The number of ether oxygens (including phenoxy) is 1. The van der Waals surface area contributed by atoms with E-state index in [4.69, 9.17) is 4.74 Å². The third kappa shape index (κ3) is 3.63. The largest absolute Gasteiger partial charge is 0.465 e. The number of ketones is 1. The summed E-state index contributed by atoms with van der Waals surface area (Å²) in [5.74, 6) is -1.63. The van der Waals surface area contributed by atoms with Gasteiger partial charge in [0, 0.05) is 6.20 Å². The van der Waals surface area contributed by atoms with E-state index in [9.17, 15) is 9.59 Å². The maximum Gasteiger partial charge on any atom is 0.317 e. The van der Waals surface area contributed by atoms with E-state index in [0.717, 1.165) is 11.1 Å². The minimum atomic E-state index is -0.783. The number of esters is 1. The molecule has 104 valence electrons. The quantitative estimate of drug-likeness (QED) is 0.465. The van der Waals surface area contributed by atoms with Gasteiger partial charge in [0.2, 0.25) is 0 Å². The predicted octanol–water partition coefficient (Wildman–Crippen LogP) is 2.72. The third-order valence-corrected chi connectivity index (χ3v) is 2.94. The van der Waals surface area contributed by atoms with Crippen molar-refractivity contribution in [2.75, 3.05) is 6.61 Å². The van der Waals surface area contributed by atoms with Crippen molar-refractivity contribution in [2.24, 2.45) is 11.8 Å². The minimum Gasteiger partial charge on any atom is -0.465 e. The van der Waals surface area contributed by atoms with Gasteiger partial charge in [0.15, 0.2) is 5.78 Å². The van der Waals surface area contributed by atoms with Gasteiger partial charge >= 0.3 is 5.97 Å². The molecule has 4 nitrogen and oxygen atoms in total. The van der Waals surface area contributed by atoms with Crippen LogP contribution in [0.3, 0.4) is 0 Å². The molecule has 1 aromatic rings. The SMILES string of the molecule is CCOC(=O)C(C(=O)c1ncc(C)cc1C)C(C)C. The lowest BCUT2D eigenvalue weighted by molar-refractivity contribution is -0.147. The van der Waals surface area contributed by atoms with E-state index in [1.807, 2.05) is 33.8 Å². The molecule has 0 radical (unpaired) electrons. The monoisotopic (exact) mass is 263 g/mol. The summed E-state index contributed by atoms with van der Waals surface area (Å²) < 4.78 is 4.98. The van der Waals surface area contributed by atoms with Gasteiger partial charge in [-0.3, -0.25) is 14.6 Å². The van der Waals surface area contributed by atoms with E-state index in [1.54, 1.807) is 13.1 Å². The summed E-state index contributed by atoms with van der Waals surface area (Å²) in [6, 6.07) is 1.89. The molecule has 0 saturated heterocycles. The number of rotatable bonds is 5. The Balaban J connectivity index is 3.09. The van der Waals surface area contributed by atoms with E-state index in [0.29, 0.717) is 5.69 Å². The Hall–Kier alpha value is -1.71. The van der Waals surface area contributed by atoms with Crippen LogP contribution in [0.5, 0.6) is 0 Å². The second kappa shape index (κ2) is 6.45. The summed E-state index contributed by atoms with van der Waals surface area (Å²) >= 11 is 0. The van der Waals surface area contributed by atoms with Crippen LogP contribution in [0.25, 0.3) is 0 Å². The molecule has 0 aliphatic heterocycles. The van der Waals surface area contributed by atoms with E-state index >= 15 is 0 Å². The predicted molar refractivity (Wildman–Crippen MR) is 73.0 cm³/mol. The van der Waals surface area contributed by atoms with Crippen molar-refractivity contribution in [3.05, 3.63) is 29.1 Å². The van der Waals surface area contributed by atoms with Crippen LogP contribution in [0, 0.1) is 25.7 Å². The number of hydrogen-bond acceptors (Lipinski definition) is 4. The Bertz CT molecular complexity index is 480. The zero-order valence-electron chi connectivity index (χ0n) is 12.2. The van der Waals surface area contributed by atoms with Crippen LogP contribution in [0.2, 0.25) is 0 Å². The Morgan fingerprint density at radius 3 is 2.42 bits per heavy atom. The second-order valence-corrected chi connectivity index (χ2v) is 5.02. The zero-order chi connectivity index (χ0) is 14.6. The zero-order valence-corrected chi connectivity index (χ0v) is 12.2. The van der Waals surface area contributed by atoms with E-state index < -0.39 is 11.9 Å². The second-order valence-electron chi connectivity index (χ2n) is 5.02. The molecule has 4 heteroatoms. The number of nitrogens with zero attached hydrogens (tertiary/aromatic N) is 1. The summed E-state index contributed by atoms with van der Waals surface area (Å²) in [7, 11) is 0. The topological polar surface area (TPSA) is 56.3 Å². The van der Waals surface area contributed by atoms with Crippen LogP contribution in [0.15, 0.2) is 12.3 Å². The number of aromatic nitrogens is 1. The molecule has 19 heavy (non-hydrogen) atoms. The molecule has 0 aromatic carbocycles. The van der Waals surface area contributed by atoms with Gasteiger partial charge in [-0.25, -0.2) is 0 Å². The normalized spacial score (nSPS) is 12.3. The molecule has 1 atom stereocenters. The van der Waals surface area contributed by atoms with Gasteiger partial charge in [0.05, 0.1) is 6.61 Å². The molecule has 0 aliphatic carbocycles. The average Bonchev–Trinajstić information content (AvgIpc) is 2.28. The number of carbonyl (C=O) groups excluding carboxylic acids is 2. The number of aryl methyl sites for hydroxylation is 2. The fraction of sp³-hybridized carbons (Fsp3) is 0.533. The van der Waals surface area contributed by atoms with E-state index in [1.165, 1.54) is 0 Å². The van der Waals surface area contributed by atoms with Crippen LogP contribution in [0.4, 0.5) is 0 Å². The van der Waals surface area contributed by atoms with E-state index in [-0.39, 0.29) is 18.3 Å². The highest BCUT2D eigenvalue weighted by atomic mass is 16.5. The number of hydrogen-bond donors (Lipinski definition) is 0. The molecule has 0 fully saturated rings. The van der Waals surface area contributed by atoms with Crippen molar-refractivity contribution in [1.82, 2.24) is 4.98 Å². The first kappa shape index (κ1) is 15.3. The van der Waals surface area contributed by atoms with Gasteiger partial charge in [-0.1, -0.05) is 19.9 Å². The van der Waals surface area contributed by atoms with Gasteiger partial charge in [0.1, 0.15) is 11.6 Å². The fourth-order valence-electron chi connectivity index (χ4n) is 2.03. The maximum atomic E-state index is 12.5. The van der Waals surface area contributed by atoms with Crippen molar-refractivity contribution in [3.63, 3.8) is 0 Å². The van der Waals surface area contributed by atoms with Gasteiger partial charge in [-0.2, -0.15) is 0 Å². The van der Waals surface area contributed by atoms with Gasteiger partial charge in [-0.05, 0) is 37.8 Å². The lowest BCUT2D eigenvalue weighted by atomic mass is 9.88. The summed E-state index contributed by atoms with van der Waals surface area (Å²) in [6.07, 6.45) is 1.64. The molecule has 1 heterocycles. The maximum absolute atomic E-state index is 12.5. The fourth-order valence-corrected chi connectivity index (χ4v) is 2.03. The Kier molecular flexibility index (Phi) is 5.21. The standard InChI is InChI=1S/C15H21NO3/c1-6-19-15(18)12(9(2)3)14(17)13-11(5)7-10(4)8-16-13/h7-9,12H,6H2,1-5H3.